The number of alkyl carbamates (subject to hydrolysis) is 1. The maximum absolute atomic E-state index is 13.9. The van der Waals surface area contributed by atoms with E-state index in [1.54, 1.807) is 77.9 Å². The Kier molecular flexibility index (Phi) is 11.5. The van der Waals surface area contributed by atoms with Crippen molar-refractivity contribution in [2.45, 2.75) is 84.3 Å². The van der Waals surface area contributed by atoms with E-state index in [4.69, 9.17) is 9.47 Å². The van der Waals surface area contributed by atoms with E-state index < -0.39 is 41.2 Å². The summed E-state index contributed by atoms with van der Waals surface area (Å²) in [5.74, 6) is -0.272. The monoisotopic (exact) mass is 734 g/mol. The molecule has 0 radical (unpaired) electrons. The van der Waals surface area contributed by atoms with Crippen molar-refractivity contribution in [3.05, 3.63) is 107 Å². The topological polar surface area (TPSA) is 136 Å². The van der Waals surface area contributed by atoms with Gasteiger partial charge in [0.15, 0.2) is 5.69 Å². The van der Waals surface area contributed by atoms with Crippen LogP contribution < -0.4 is 21.3 Å². The summed E-state index contributed by atoms with van der Waals surface area (Å²) in [5, 5.41) is 15.5. The van der Waals surface area contributed by atoms with Crippen molar-refractivity contribution in [3.63, 3.8) is 0 Å². The molecule has 1 fully saturated rings. The summed E-state index contributed by atoms with van der Waals surface area (Å²) in [5.41, 5.74) is 0.294. The van der Waals surface area contributed by atoms with Crippen molar-refractivity contribution < 1.29 is 37.0 Å². The maximum Gasteiger partial charge on any atom is 0.435 e. The molecule has 4 aromatic rings. The molecule has 1 heterocycles. The van der Waals surface area contributed by atoms with Crippen molar-refractivity contribution in [1.82, 2.24) is 20.4 Å². The van der Waals surface area contributed by atoms with Crippen LogP contribution in [0.15, 0.2) is 78.9 Å². The van der Waals surface area contributed by atoms with Crippen LogP contribution in [0.25, 0.3) is 5.69 Å². The van der Waals surface area contributed by atoms with E-state index in [-0.39, 0.29) is 24.0 Å². The third kappa shape index (κ3) is 11.6. The minimum atomic E-state index is -4.82. The van der Waals surface area contributed by atoms with Crippen LogP contribution in [0.1, 0.15) is 93.3 Å². The van der Waals surface area contributed by atoms with Gasteiger partial charge >= 0.3 is 18.4 Å². The highest BCUT2D eigenvalue weighted by Gasteiger charge is 2.36. The Labute approximate surface area is 306 Å². The maximum atomic E-state index is 13.9. The van der Waals surface area contributed by atoms with Crippen molar-refractivity contribution in [2.75, 3.05) is 17.2 Å². The molecule has 282 valence electrons. The van der Waals surface area contributed by atoms with E-state index in [0.717, 1.165) is 35.2 Å². The Morgan fingerprint density at radius 2 is 1.38 bits per heavy atom. The predicted octanol–water partition coefficient (Wildman–Crippen LogP) is 8.60. The van der Waals surface area contributed by atoms with Crippen LogP contribution in [0.4, 0.5) is 34.1 Å². The number of halogens is 3. The molecule has 1 unspecified atom stereocenters. The van der Waals surface area contributed by atoms with Gasteiger partial charge in [-0.05, 0) is 120 Å². The van der Waals surface area contributed by atoms with E-state index >= 15 is 0 Å². The zero-order valence-electron chi connectivity index (χ0n) is 30.6. The molecule has 0 aliphatic heterocycles. The van der Waals surface area contributed by atoms with Gasteiger partial charge in [0.1, 0.15) is 16.9 Å². The number of carbonyl (C=O) groups is 3. The van der Waals surface area contributed by atoms with Crippen LogP contribution in [0.2, 0.25) is 0 Å². The van der Waals surface area contributed by atoms with Crippen molar-refractivity contribution in [1.29, 1.82) is 0 Å². The first-order valence-electron chi connectivity index (χ1n) is 17.3. The number of hydrogen-bond acceptors (Lipinski definition) is 7. The fourth-order valence-electron chi connectivity index (χ4n) is 5.41. The number of carbonyl (C=O) groups excluding carboxylic acids is 3. The third-order valence-corrected chi connectivity index (χ3v) is 7.87. The molecule has 3 aromatic carbocycles. The van der Waals surface area contributed by atoms with Gasteiger partial charge in [-0.2, -0.15) is 18.3 Å². The number of alkyl halides is 3. The lowest BCUT2D eigenvalue weighted by molar-refractivity contribution is -0.141. The Hall–Kier alpha value is -5.37. The Bertz CT molecular complexity index is 1940. The van der Waals surface area contributed by atoms with E-state index in [1.807, 2.05) is 24.3 Å². The second kappa shape index (κ2) is 15.7. The molecule has 1 saturated carbocycles. The number of amides is 3. The lowest BCUT2D eigenvalue weighted by Crippen LogP contribution is -2.32. The van der Waals surface area contributed by atoms with Crippen molar-refractivity contribution in [2.24, 2.45) is 5.92 Å². The van der Waals surface area contributed by atoms with Gasteiger partial charge in [0.05, 0.1) is 11.7 Å². The molecule has 4 N–H and O–H groups in total. The molecule has 0 spiro atoms. The molecular weight excluding hydrogens is 689 g/mol. The van der Waals surface area contributed by atoms with Gasteiger partial charge in [0.25, 0.3) is 5.91 Å². The van der Waals surface area contributed by atoms with E-state index in [0.29, 0.717) is 28.9 Å². The number of anilines is 2. The fourth-order valence-corrected chi connectivity index (χ4v) is 5.41. The number of nitrogens with one attached hydrogen (secondary N) is 4. The summed E-state index contributed by atoms with van der Waals surface area (Å²) in [6, 6.07) is 21.1. The quantitative estimate of drug-likeness (QED) is 0.121. The second-order valence-corrected chi connectivity index (χ2v) is 15.0. The molecular formula is C39H45F3N6O5. The van der Waals surface area contributed by atoms with Crippen molar-refractivity contribution in [3.8, 4) is 5.69 Å². The molecule has 0 bridgehead atoms. The van der Waals surface area contributed by atoms with Gasteiger partial charge < -0.3 is 25.4 Å². The Morgan fingerprint density at radius 1 is 0.792 bits per heavy atom. The molecule has 1 atom stereocenters. The average Bonchev–Trinajstić information content (AvgIpc) is 3.76. The largest absolute Gasteiger partial charge is 0.444 e. The first-order chi connectivity index (χ1) is 24.8. The molecule has 1 aliphatic rings. The molecule has 5 rings (SSSR count). The second-order valence-electron chi connectivity index (χ2n) is 15.0. The standard InChI is InChI=1S/C39H45F3N6O5/c1-37(2,3)52-35(50)44-23-25-10-7-15-30(18-25)48-31(21-32(47-48)39(40,41)42)34(49)45-28-13-8-11-26(19-28)33(43-22-24-16-17-24)27-12-9-14-29(20-27)46-36(51)53-38(4,5)6/h7-15,18-21,24,33,43H,16-17,22-23H2,1-6H3,(H,44,50)(H,45,49)(H,46,51). The smallest absolute Gasteiger partial charge is 0.435 e. The van der Waals surface area contributed by atoms with Crippen LogP contribution in [-0.2, 0) is 22.2 Å². The normalized spacial score (nSPS) is 13.9. The summed E-state index contributed by atoms with van der Waals surface area (Å²) in [7, 11) is 0. The number of hydrogen-bond donors (Lipinski definition) is 4. The zero-order chi connectivity index (χ0) is 38.6. The molecule has 0 saturated heterocycles. The van der Waals surface area contributed by atoms with Crippen LogP contribution in [0.3, 0.4) is 0 Å². The molecule has 14 heteroatoms. The highest BCUT2D eigenvalue weighted by Crippen LogP contribution is 2.33. The van der Waals surface area contributed by atoms with Crippen molar-refractivity contribution >= 4 is 29.5 Å². The molecule has 3 amide bonds. The van der Waals surface area contributed by atoms with Gasteiger partial charge in [0.2, 0.25) is 0 Å². The van der Waals surface area contributed by atoms with Crippen LogP contribution in [0.5, 0.6) is 0 Å². The lowest BCUT2D eigenvalue weighted by atomic mass is 9.97. The highest BCUT2D eigenvalue weighted by molar-refractivity contribution is 6.03. The van der Waals surface area contributed by atoms with E-state index in [9.17, 15) is 27.6 Å². The van der Waals surface area contributed by atoms with Gasteiger partial charge in [-0.3, -0.25) is 10.1 Å². The molecule has 53 heavy (non-hydrogen) atoms. The fraction of sp³-hybridized carbons (Fsp3) is 0.385. The van der Waals surface area contributed by atoms with E-state index in [1.165, 1.54) is 12.1 Å². The first-order valence-corrected chi connectivity index (χ1v) is 17.3. The number of benzene rings is 3. The SMILES string of the molecule is CC(C)(C)OC(=O)NCc1cccc(-n2nc(C(F)(F)F)cc2C(=O)Nc2cccc(C(NCC3CC3)c3cccc(NC(=O)OC(C)(C)C)c3)c2)c1. The summed E-state index contributed by atoms with van der Waals surface area (Å²) < 4.78 is 53.3. The number of ether oxygens (including phenoxy) is 2. The number of rotatable bonds is 11. The predicted molar refractivity (Wildman–Crippen MR) is 195 cm³/mol. The van der Waals surface area contributed by atoms with Gasteiger partial charge in [-0.1, -0.05) is 36.4 Å². The molecule has 1 aliphatic carbocycles. The van der Waals surface area contributed by atoms with Gasteiger partial charge in [-0.15, -0.1) is 0 Å². The Balaban J connectivity index is 1.39. The van der Waals surface area contributed by atoms with Gasteiger partial charge in [0, 0.05) is 24.0 Å². The summed E-state index contributed by atoms with van der Waals surface area (Å²) in [6.45, 7) is 11.3. The minimum Gasteiger partial charge on any atom is -0.444 e. The first kappa shape index (κ1) is 38.9. The van der Waals surface area contributed by atoms with E-state index in [2.05, 4.69) is 26.4 Å². The summed E-state index contributed by atoms with van der Waals surface area (Å²) in [4.78, 5) is 38.4. The van der Waals surface area contributed by atoms with Crippen LogP contribution in [-0.4, -0.2) is 45.6 Å². The number of nitrogens with zero attached hydrogens (tertiary/aromatic N) is 2. The Morgan fingerprint density at radius 3 is 1.96 bits per heavy atom. The lowest BCUT2D eigenvalue weighted by Gasteiger charge is -2.22. The number of aromatic nitrogens is 2. The summed E-state index contributed by atoms with van der Waals surface area (Å²) >= 11 is 0. The van der Waals surface area contributed by atoms with Gasteiger partial charge in [-0.25, -0.2) is 14.3 Å². The molecule has 11 nitrogen and oxygen atoms in total. The third-order valence-electron chi connectivity index (χ3n) is 7.87. The summed E-state index contributed by atoms with van der Waals surface area (Å²) in [6.07, 6.45) is -3.82. The minimum absolute atomic E-state index is 0.0282. The highest BCUT2D eigenvalue weighted by atomic mass is 19.4. The average molecular weight is 735 g/mol. The van der Waals surface area contributed by atoms with Crippen LogP contribution in [0, 0.1) is 5.92 Å². The molecule has 1 aromatic heterocycles. The van der Waals surface area contributed by atoms with Crippen LogP contribution >= 0.6 is 0 Å². The zero-order valence-corrected chi connectivity index (χ0v) is 30.6.